The monoisotopic (exact) mass is 378 g/mol. The quantitative estimate of drug-likeness (QED) is 0.671. The number of rotatable bonds is 6. The maximum absolute atomic E-state index is 12.6. The maximum Gasteiger partial charge on any atom is 0.274 e. The van der Waals surface area contributed by atoms with Crippen molar-refractivity contribution in [2.45, 2.75) is 13.8 Å². The van der Waals surface area contributed by atoms with Crippen LogP contribution in [0.2, 0.25) is 0 Å². The minimum absolute atomic E-state index is 0.250. The lowest BCUT2D eigenvalue weighted by Gasteiger charge is -2.13. The van der Waals surface area contributed by atoms with Gasteiger partial charge in [-0.25, -0.2) is 9.97 Å². The van der Waals surface area contributed by atoms with Gasteiger partial charge in [-0.2, -0.15) is 0 Å². The largest absolute Gasteiger partial charge is 0.497 e. The van der Waals surface area contributed by atoms with Crippen LogP contribution in [0.25, 0.3) is 0 Å². The molecule has 0 aliphatic carbocycles. The van der Waals surface area contributed by atoms with E-state index in [4.69, 9.17) is 9.47 Å². The van der Waals surface area contributed by atoms with Gasteiger partial charge in [0.1, 0.15) is 29.3 Å². The van der Waals surface area contributed by atoms with Gasteiger partial charge in [-0.15, -0.1) is 0 Å². The highest BCUT2D eigenvalue weighted by Crippen LogP contribution is 2.31. The molecule has 3 aromatic rings. The summed E-state index contributed by atoms with van der Waals surface area (Å²) in [6.07, 6.45) is 1.34. The number of carbonyl (C=O) groups is 1. The Labute approximate surface area is 163 Å². The first kappa shape index (κ1) is 19.2. The third-order valence-corrected chi connectivity index (χ3v) is 4.21. The molecule has 2 aromatic carbocycles. The van der Waals surface area contributed by atoms with Gasteiger partial charge in [0, 0.05) is 17.8 Å². The molecule has 0 aliphatic rings. The molecular formula is C21H22N4O3. The van der Waals surface area contributed by atoms with Gasteiger partial charge < -0.3 is 20.1 Å². The lowest BCUT2D eigenvalue weighted by molar-refractivity contribution is 0.102. The van der Waals surface area contributed by atoms with Crippen molar-refractivity contribution in [3.63, 3.8) is 0 Å². The first-order valence-electron chi connectivity index (χ1n) is 8.70. The molecule has 28 heavy (non-hydrogen) atoms. The van der Waals surface area contributed by atoms with Crippen molar-refractivity contribution >= 4 is 23.1 Å². The zero-order chi connectivity index (χ0) is 20.1. The highest BCUT2D eigenvalue weighted by Gasteiger charge is 2.12. The average molecular weight is 378 g/mol. The van der Waals surface area contributed by atoms with E-state index in [0.717, 1.165) is 16.8 Å². The molecular weight excluding hydrogens is 356 g/mol. The van der Waals surface area contributed by atoms with Gasteiger partial charge in [0.05, 0.1) is 19.9 Å². The Hall–Kier alpha value is -3.61. The SMILES string of the molecule is COc1ccc(OC)c(Nc2cc(C(=O)Nc3cc(C)ccc3C)ncn2)c1. The average Bonchev–Trinajstić information content (AvgIpc) is 2.70. The summed E-state index contributed by atoms with van der Waals surface area (Å²) >= 11 is 0. The van der Waals surface area contributed by atoms with Crippen molar-refractivity contribution in [2.24, 2.45) is 0 Å². The summed E-state index contributed by atoms with van der Waals surface area (Å²) in [5.74, 6) is 1.45. The van der Waals surface area contributed by atoms with Crippen LogP contribution >= 0.6 is 0 Å². The Morgan fingerprint density at radius 2 is 1.75 bits per heavy atom. The highest BCUT2D eigenvalue weighted by atomic mass is 16.5. The van der Waals surface area contributed by atoms with Gasteiger partial charge in [-0.3, -0.25) is 4.79 Å². The molecule has 0 spiro atoms. The maximum atomic E-state index is 12.6. The summed E-state index contributed by atoms with van der Waals surface area (Å²) in [6.45, 7) is 3.92. The predicted octanol–water partition coefficient (Wildman–Crippen LogP) is 4.11. The Bertz CT molecular complexity index is 1000. The van der Waals surface area contributed by atoms with E-state index >= 15 is 0 Å². The van der Waals surface area contributed by atoms with Gasteiger partial charge in [-0.05, 0) is 43.2 Å². The van der Waals surface area contributed by atoms with E-state index in [1.54, 1.807) is 38.5 Å². The molecule has 0 aliphatic heterocycles. The van der Waals surface area contributed by atoms with Crippen LogP contribution in [0.15, 0.2) is 48.8 Å². The molecule has 3 rings (SSSR count). The minimum Gasteiger partial charge on any atom is -0.497 e. The van der Waals surface area contributed by atoms with Crippen molar-refractivity contribution in [1.29, 1.82) is 0 Å². The summed E-state index contributed by atoms with van der Waals surface area (Å²) in [5, 5.41) is 6.04. The molecule has 0 saturated heterocycles. The number of benzene rings is 2. The van der Waals surface area contributed by atoms with Crippen molar-refractivity contribution < 1.29 is 14.3 Å². The number of aromatic nitrogens is 2. The van der Waals surface area contributed by atoms with E-state index in [1.807, 2.05) is 32.0 Å². The number of aryl methyl sites for hydroxylation is 2. The smallest absolute Gasteiger partial charge is 0.274 e. The summed E-state index contributed by atoms with van der Waals surface area (Å²) in [5.41, 5.74) is 3.72. The van der Waals surface area contributed by atoms with E-state index in [2.05, 4.69) is 20.6 Å². The molecule has 0 atom stereocenters. The van der Waals surface area contributed by atoms with Gasteiger partial charge in [0.2, 0.25) is 0 Å². The Morgan fingerprint density at radius 3 is 2.50 bits per heavy atom. The minimum atomic E-state index is -0.309. The molecule has 7 nitrogen and oxygen atoms in total. The fourth-order valence-corrected chi connectivity index (χ4v) is 2.66. The van der Waals surface area contributed by atoms with E-state index in [9.17, 15) is 4.79 Å². The van der Waals surface area contributed by atoms with Crippen LogP contribution in [0.1, 0.15) is 21.6 Å². The fourth-order valence-electron chi connectivity index (χ4n) is 2.66. The van der Waals surface area contributed by atoms with Gasteiger partial charge in [-0.1, -0.05) is 12.1 Å². The van der Waals surface area contributed by atoms with Crippen molar-refractivity contribution in [1.82, 2.24) is 9.97 Å². The molecule has 1 aromatic heterocycles. The van der Waals surface area contributed by atoms with Gasteiger partial charge in [0.25, 0.3) is 5.91 Å². The summed E-state index contributed by atoms with van der Waals surface area (Å²) in [7, 11) is 3.17. The van der Waals surface area contributed by atoms with Crippen LogP contribution < -0.4 is 20.1 Å². The van der Waals surface area contributed by atoms with E-state index in [1.165, 1.54) is 6.33 Å². The Kier molecular flexibility index (Phi) is 5.74. The second kappa shape index (κ2) is 8.39. The zero-order valence-corrected chi connectivity index (χ0v) is 16.2. The number of hydrogen-bond donors (Lipinski definition) is 2. The second-order valence-corrected chi connectivity index (χ2v) is 6.25. The molecule has 144 valence electrons. The number of carbonyl (C=O) groups excluding carboxylic acids is 1. The van der Waals surface area contributed by atoms with Crippen molar-refractivity contribution in [3.05, 3.63) is 65.6 Å². The number of nitrogens with zero attached hydrogens (tertiary/aromatic N) is 2. The van der Waals surface area contributed by atoms with Gasteiger partial charge in [0.15, 0.2) is 0 Å². The zero-order valence-electron chi connectivity index (χ0n) is 16.2. The molecule has 1 heterocycles. The lowest BCUT2D eigenvalue weighted by atomic mass is 10.1. The molecule has 0 fully saturated rings. The molecule has 0 radical (unpaired) electrons. The number of hydrogen-bond acceptors (Lipinski definition) is 6. The van der Waals surface area contributed by atoms with Crippen LogP contribution in [-0.4, -0.2) is 30.1 Å². The standard InChI is InChI=1S/C21H22N4O3/c1-13-5-6-14(2)16(9-13)25-21(26)18-11-20(23-12-22-18)24-17-10-15(27-3)7-8-19(17)28-4/h5-12H,1-4H3,(H,25,26)(H,22,23,24). The number of amides is 1. The number of ether oxygens (including phenoxy) is 2. The first-order valence-corrected chi connectivity index (χ1v) is 8.70. The number of anilines is 3. The topological polar surface area (TPSA) is 85.4 Å². The molecule has 7 heteroatoms. The lowest BCUT2D eigenvalue weighted by Crippen LogP contribution is -2.15. The molecule has 0 saturated carbocycles. The van der Waals surface area contributed by atoms with Crippen LogP contribution in [0.3, 0.4) is 0 Å². The van der Waals surface area contributed by atoms with E-state index in [0.29, 0.717) is 23.0 Å². The highest BCUT2D eigenvalue weighted by molar-refractivity contribution is 6.03. The molecule has 0 bridgehead atoms. The van der Waals surface area contributed by atoms with Crippen LogP contribution in [0, 0.1) is 13.8 Å². The van der Waals surface area contributed by atoms with Crippen LogP contribution in [-0.2, 0) is 0 Å². The first-order chi connectivity index (χ1) is 13.5. The summed E-state index contributed by atoms with van der Waals surface area (Å²) < 4.78 is 10.6. The summed E-state index contributed by atoms with van der Waals surface area (Å²) in [4.78, 5) is 20.9. The molecule has 1 amide bonds. The van der Waals surface area contributed by atoms with Gasteiger partial charge >= 0.3 is 0 Å². The normalized spacial score (nSPS) is 10.3. The van der Waals surface area contributed by atoms with Crippen LogP contribution in [0.5, 0.6) is 11.5 Å². The third-order valence-electron chi connectivity index (χ3n) is 4.21. The van der Waals surface area contributed by atoms with Crippen LogP contribution in [0.4, 0.5) is 17.2 Å². The third kappa shape index (κ3) is 4.37. The van der Waals surface area contributed by atoms with E-state index < -0.39 is 0 Å². The Morgan fingerprint density at radius 1 is 0.929 bits per heavy atom. The second-order valence-electron chi connectivity index (χ2n) is 6.25. The Balaban J connectivity index is 1.82. The molecule has 2 N–H and O–H groups in total. The number of nitrogens with one attached hydrogen (secondary N) is 2. The van der Waals surface area contributed by atoms with Crippen molar-refractivity contribution in [2.75, 3.05) is 24.9 Å². The summed E-state index contributed by atoms with van der Waals surface area (Å²) in [6, 6.07) is 12.8. The number of methoxy groups -OCH3 is 2. The molecule has 0 unspecified atom stereocenters. The predicted molar refractivity (Wildman–Crippen MR) is 109 cm³/mol. The fraction of sp³-hybridized carbons (Fsp3) is 0.190. The van der Waals surface area contributed by atoms with Crippen molar-refractivity contribution in [3.8, 4) is 11.5 Å². The van der Waals surface area contributed by atoms with E-state index in [-0.39, 0.29) is 11.6 Å².